The van der Waals surface area contributed by atoms with Crippen molar-refractivity contribution in [2.45, 2.75) is 25.3 Å². The van der Waals surface area contributed by atoms with E-state index in [9.17, 15) is 0 Å². The third-order valence-electron chi connectivity index (χ3n) is 1.81. The summed E-state index contributed by atoms with van der Waals surface area (Å²) in [5, 5.41) is 0. The van der Waals surface area contributed by atoms with Crippen LogP contribution in [-0.4, -0.2) is 23.5 Å². The van der Waals surface area contributed by atoms with Gasteiger partial charge in [-0.2, -0.15) is 0 Å². The fourth-order valence-electron chi connectivity index (χ4n) is 1.20. The second-order valence-corrected chi connectivity index (χ2v) is 3.12. The van der Waals surface area contributed by atoms with Gasteiger partial charge in [0.25, 0.3) is 0 Å². The van der Waals surface area contributed by atoms with E-state index in [-0.39, 0.29) is 0 Å². The Balaban J connectivity index is 1.98. The molecule has 1 atom stereocenters. The van der Waals surface area contributed by atoms with Gasteiger partial charge in [0.05, 0.1) is 0 Å². The maximum atomic E-state index is 5.24. The largest absolute Gasteiger partial charge is 0.381 e. The van der Waals surface area contributed by atoms with Gasteiger partial charge in [-0.25, -0.2) is 0 Å². The van der Waals surface area contributed by atoms with Crippen LogP contribution in [0, 0.1) is 5.92 Å². The van der Waals surface area contributed by atoms with Crippen molar-refractivity contribution in [3.05, 3.63) is 0 Å². The highest BCUT2D eigenvalue weighted by Gasteiger charge is 2.13. The molecule has 0 aromatic heterocycles. The fraction of sp³-hybridized carbons (Fsp3) is 1.00. The van der Waals surface area contributed by atoms with Gasteiger partial charge in [-0.05, 0) is 18.8 Å². The first kappa shape index (κ1) is 7.29. The Morgan fingerprint density at radius 2 is 2.44 bits per heavy atom. The Bertz CT molecular complexity index is 69.3. The van der Waals surface area contributed by atoms with Gasteiger partial charge in [0.2, 0.25) is 0 Å². The Hall–Kier alpha value is 0.177. The molecule has 0 saturated carbocycles. The number of rotatable bonds is 3. The number of hydrogen-bond donors (Lipinski definition) is 0. The molecule has 2 heteroatoms. The smallest absolute Gasteiger partial charge is 0.0495 e. The van der Waals surface area contributed by atoms with Crippen LogP contribution in [-0.2, 0) is 4.74 Å². The third kappa shape index (κ3) is 2.50. The topological polar surface area (TPSA) is 9.23 Å². The summed E-state index contributed by atoms with van der Waals surface area (Å²) < 4.78 is 5.24. The quantitative estimate of drug-likeness (QED) is 0.540. The van der Waals surface area contributed by atoms with Gasteiger partial charge < -0.3 is 4.74 Å². The van der Waals surface area contributed by atoms with Gasteiger partial charge in [0.15, 0.2) is 0 Å². The molecule has 1 rings (SSSR count). The monoisotopic (exact) mass is 141 g/mol. The van der Waals surface area contributed by atoms with Crippen molar-refractivity contribution < 1.29 is 4.74 Å². The summed E-state index contributed by atoms with van der Waals surface area (Å²) in [5.74, 6) is 0.862. The second-order valence-electron chi connectivity index (χ2n) is 2.62. The van der Waals surface area contributed by atoms with Gasteiger partial charge in [-0.1, -0.05) is 12.5 Å². The van der Waals surface area contributed by atoms with Crippen molar-refractivity contribution in [2.75, 3.05) is 13.2 Å². The standard InChI is InChI=1S/C7H13OSi/c9-5-1-2-7-3-4-8-6-7/h7H,1-6H2. The van der Waals surface area contributed by atoms with Crippen molar-refractivity contribution in [2.24, 2.45) is 5.92 Å². The van der Waals surface area contributed by atoms with Crippen molar-refractivity contribution in [3.63, 3.8) is 0 Å². The highest BCUT2D eigenvalue weighted by molar-refractivity contribution is 6.08. The minimum atomic E-state index is 0.862. The lowest BCUT2D eigenvalue weighted by Crippen LogP contribution is -1.97. The molecule has 0 aromatic rings. The van der Waals surface area contributed by atoms with Crippen LogP contribution in [0.15, 0.2) is 0 Å². The summed E-state index contributed by atoms with van der Waals surface area (Å²) in [7, 11) is 3.46. The highest BCUT2D eigenvalue weighted by atomic mass is 28.1. The molecule has 0 bridgehead atoms. The Labute approximate surface area is 60.2 Å². The van der Waals surface area contributed by atoms with E-state index in [1.54, 1.807) is 0 Å². The normalized spacial score (nSPS) is 27.0. The zero-order valence-corrected chi connectivity index (χ0v) is 6.73. The van der Waals surface area contributed by atoms with Gasteiger partial charge in [0.1, 0.15) is 0 Å². The summed E-state index contributed by atoms with van der Waals surface area (Å²) in [6, 6.07) is 1.14. The first-order chi connectivity index (χ1) is 4.43. The predicted octanol–water partition coefficient (Wildman–Crippen LogP) is 1.39. The lowest BCUT2D eigenvalue weighted by molar-refractivity contribution is 0.184. The molecule has 1 saturated heterocycles. The summed E-state index contributed by atoms with van der Waals surface area (Å²) >= 11 is 0. The number of hydrogen-bond acceptors (Lipinski definition) is 1. The van der Waals surface area contributed by atoms with Crippen molar-refractivity contribution in [3.8, 4) is 0 Å². The zero-order chi connectivity index (χ0) is 6.53. The summed E-state index contributed by atoms with van der Waals surface area (Å²) in [4.78, 5) is 0. The van der Waals surface area contributed by atoms with Crippen LogP contribution in [0.4, 0.5) is 0 Å². The molecule has 9 heavy (non-hydrogen) atoms. The van der Waals surface area contributed by atoms with Gasteiger partial charge in [-0.15, -0.1) is 0 Å². The van der Waals surface area contributed by atoms with Crippen LogP contribution >= 0.6 is 0 Å². The summed E-state index contributed by atoms with van der Waals surface area (Å²) in [6.07, 6.45) is 3.92. The summed E-state index contributed by atoms with van der Waals surface area (Å²) in [5.41, 5.74) is 0. The minimum Gasteiger partial charge on any atom is -0.381 e. The maximum absolute atomic E-state index is 5.24. The van der Waals surface area contributed by atoms with Crippen LogP contribution in [0.5, 0.6) is 0 Å². The van der Waals surface area contributed by atoms with Crippen LogP contribution < -0.4 is 0 Å². The fourth-order valence-corrected chi connectivity index (χ4v) is 1.41. The molecule has 51 valence electrons. The maximum Gasteiger partial charge on any atom is 0.0495 e. The van der Waals surface area contributed by atoms with Crippen LogP contribution in [0.3, 0.4) is 0 Å². The minimum absolute atomic E-state index is 0.862. The third-order valence-corrected chi connectivity index (χ3v) is 2.17. The molecule has 0 aromatic carbocycles. The van der Waals surface area contributed by atoms with Crippen LogP contribution in [0.1, 0.15) is 19.3 Å². The van der Waals surface area contributed by atoms with Crippen molar-refractivity contribution >= 4 is 10.2 Å². The molecule has 1 aliphatic rings. The summed E-state index contributed by atoms with van der Waals surface area (Å²) in [6.45, 7) is 2.00. The second kappa shape index (κ2) is 4.07. The molecular formula is C7H13OSi. The Morgan fingerprint density at radius 1 is 1.56 bits per heavy atom. The predicted molar refractivity (Wildman–Crippen MR) is 38.7 cm³/mol. The molecule has 0 amide bonds. The van der Waals surface area contributed by atoms with Crippen molar-refractivity contribution in [1.82, 2.24) is 0 Å². The SMILES string of the molecule is [Si]CCCC1CCOC1. The van der Waals surface area contributed by atoms with Gasteiger partial charge in [-0.3, -0.25) is 0 Å². The Morgan fingerprint density at radius 3 is 3.00 bits per heavy atom. The van der Waals surface area contributed by atoms with E-state index in [0.29, 0.717) is 0 Å². The van der Waals surface area contributed by atoms with E-state index in [0.717, 1.165) is 25.2 Å². The average Bonchev–Trinajstić information content (AvgIpc) is 2.34. The molecule has 1 aliphatic heterocycles. The van der Waals surface area contributed by atoms with E-state index in [2.05, 4.69) is 10.2 Å². The van der Waals surface area contributed by atoms with Crippen LogP contribution in [0.2, 0.25) is 6.04 Å². The van der Waals surface area contributed by atoms with E-state index < -0.39 is 0 Å². The first-order valence-electron chi connectivity index (χ1n) is 3.66. The van der Waals surface area contributed by atoms with Crippen LogP contribution in [0.25, 0.3) is 0 Å². The zero-order valence-electron chi connectivity index (χ0n) is 5.73. The first-order valence-corrected chi connectivity index (χ1v) is 4.36. The van der Waals surface area contributed by atoms with Crippen molar-refractivity contribution in [1.29, 1.82) is 0 Å². The van der Waals surface area contributed by atoms with E-state index in [1.165, 1.54) is 19.3 Å². The molecule has 0 spiro atoms. The van der Waals surface area contributed by atoms with E-state index in [1.807, 2.05) is 0 Å². The number of ether oxygens (including phenoxy) is 1. The van der Waals surface area contributed by atoms with E-state index >= 15 is 0 Å². The molecular weight excluding hydrogens is 128 g/mol. The molecule has 1 fully saturated rings. The highest BCUT2D eigenvalue weighted by Crippen LogP contribution is 2.18. The van der Waals surface area contributed by atoms with E-state index in [4.69, 9.17) is 4.74 Å². The molecule has 1 unspecified atom stereocenters. The molecule has 0 N–H and O–H groups in total. The molecule has 3 radical (unpaired) electrons. The molecule has 0 aliphatic carbocycles. The lowest BCUT2D eigenvalue weighted by Gasteiger charge is -2.03. The Kier molecular flexibility index (Phi) is 3.29. The molecule has 1 nitrogen and oxygen atoms in total. The lowest BCUT2D eigenvalue weighted by atomic mass is 10.0. The van der Waals surface area contributed by atoms with Gasteiger partial charge >= 0.3 is 0 Å². The molecule has 1 heterocycles. The average molecular weight is 141 g/mol. The van der Waals surface area contributed by atoms with Gasteiger partial charge in [0, 0.05) is 23.5 Å².